The third-order valence-corrected chi connectivity index (χ3v) is 2.44. The summed E-state index contributed by atoms with van der Waals surface area (Å²) in [5.41, 5.74) is -0.792. The molecule has 3 atom stereocenters. The predicted molar refractivity (Wildman–Crippen MR) is 39.1 cm³/mol. The van der Waals surface area contributed by atoms with Crippen LogP contribution in [0.5, 0.6) is 0 Å². The predicted octanol–water partition coefficient (Wildman–Crippen LogP) is -0.173. The summed E-state index contributed by atoms with van der Waals surface area (Å²) in [6.45, 7) is 0.595. The zero-order valence-corrected chi connectivity index (χ0v) is 6.23. The molecule has 0 saturated carbocycles. The minimum absolute atomic E-state index is 0.192. The normalized spacial score (nSPS) is 49.3. The topological polar surface area (TPSA) is 49.7 Å². The maximum Gasteiger partial charge on any atom is 0.111 e. The van der Waals surface area contributed by atoms with Crippen molar-refractivity contribution in [1.29, 1.82) is 0 Å². The number of fused-ring (bicyclic) bond motifs is 1. The minimum Gasteiger partial charge on any atom is -0.389 e. The van der Waals surface area contributed by atoms with Crippen LogP contribution in [0.3, 0.4) is 0 Å². The number of hydrogen-bond acceptors (Lipinski definition) is 3. The average Bonchev–Trinajstić information content (AvgIpc) is 2.31. The second-order valence-corrected chi connectivity index (χ2v) is 3.26. The van der Waals surface area contributed by atoms with Gasteiger partial charge in [-0.25, -0.2) is 0 Å². The first-order valence-electron chi connectivity index (χ1n) is 3.92. The molecule has 2 aliphatic rings. The Hall–Kier alpha value is -0.380. The van der Waals surface area contributed by atoms with Crippen LogP contribution in [0.15, 0.2) is 12.2 Å². The first-order chi connectivity index (χ1) is 5.21. The molecule has 0 aromatic heterocycles. The molecule has 0 bridgehead atoms. The van der Waals surface area contributed by atoms with E-state index in [0.717, 1.165) is 0 Å². The molecular weight excluding hydrogens is 144 g/mol. The summed E-state index contributed by atoms with van der Waals surface area (Å²) in [5.74, 6) is 0. The third-order valence-electron chi connectivity index (χ3n) is 2.44. The molecule has 11 heavy (non-hydrogen) atoms. The zero-order valence-electron chi connectivity index (χ0n) is 6.23. The van der Waals surface area contributed by atoms with Gasteiger partial charge in [-0.05, 0) is 0 Å². The van der Waals surface area contributed by atoms with E-state index in [1.165, 1.54) is 0 Å². The highest BCUT2D eigenvalue weighted by Gasteiger charge is 2.43. The van der Waals surface area contributed by atoms with Crippen molar-refractivity contribution in [2.24, 2.45) is 0 Å². The van der Waals surface area contributed by atoms with Crippen molar-refractivity contribution in [3.05, 3.63) is 12.2 Å². The molecule has 0 spiro atoms. The van der Waals surface area contributed by atoms with Crippen LogP contribution < -0.4 is 0 Å². The molecule has 3 nitrogen and oxygen atoms in total. The van der Waals surface area contributed by atoms with Crippen molar-refractivity contribution >= 4 is 0 Å². The van der Waals surface area contributed by atoms with E-state index in [0.29, 0.717) is 19.4 Å². The maximum atomic E-state index is 9.81. The van der Waals surface area contributed by atoms with E-state index in [-0.39, 0.29) is 6.10 Å². The van der Waals surface area contributed by atoms with Crippen LogP contribution in [0.2, 0.25) is 0 Å². The van der Waals surface area contributed by atoms with Crippen molar-refractivity contribution in [3.63, 3.8) is 0 Å². The molecule has 0 unspecified atom stereocenters. The SMILES string of the molecule is O[C@H]1C=C[C@@]2(O)CCO[C@H]2C1. The Bertz CT molecular complexity index is 190. The van der Waals surface area contributed by atoms with Gasteiger partial charge in [-0.2, -0.15) is 0 Å². The second-order valence-electron chi connectivity index (χ2n) is 3.26. The van der Waals surface area contributed by atoms with Gasteiger partial charge in [0, 0.05) is 12.8 Å². The Morgan fingerprint density at radius 3 is 3.18 bits per heavy atom. The molecule has 0 aromatic carbocycles. The fourth-order valence-electron chi connectivity index (χ4n) is 1.71. The molecule has 2 rings (SSSR count). The number of rotatable bonds is 0. The van der Waals surface area contributed by atoms with Gasteiger partial charge in [0.15, 0.2) is 0 Å². The van der Waals surface area contributed by atoms with Gasteiger partial charge in [-0.1, -0.05) is 12.2 Å². The van der Waals surface area contributed by atoms with E-state index in [4.69, 9.17) is 4.74 Å². The van der Waals surface area contributed by atoms with Gasteiger partial charge in [0.2, 0.25) is 0 Å². The summed E-state index contributed by atoms with van der Waals surface area (Å²) < 4.78 is 5.27. The molecule has 2 N–H and O–H groups in total. The number of aliphatic hydroxyl groups excluding tert-OH is 1. The molecule has 0 aromatic rings. The van der Waals surface area contributed by atoms with Gasteiger partial charge in [-0.3, -0.25) is 0 Å². The van der Waals surface area contributed by atoms with Gasteiger partial charge in [0.25, 0.3) is 0 Å². The summed E-state index contributed by atoms with van der Waals surface area (Å²) in [4.78, 5) is 0. The smallest absolute Gasteiger partial charge is 0.111 e. The quantitative estimate of drug-likeness (QED) is 0.479. The summed E-state index contributed by atoms with van der Waals surface area (Å²) in [5, 5.41) is 19.0. The Morgan fingerprint density at radius 2 is 2.36 bits per heavy atom. The fraction of sp³-hybridized carbons (Fsp3) is 0.750. The van der Waals surface area contributed by atoms with Crippen molar-refractivity contribution in [2.45, 2.75) is 30.7 Å². The third kappa shape index (κ3) is 1.09. The van der Waals surface area contributed by atoms with Crippen molar-refractivity contribution in [3.8, 4) is 0 Å². The number of ether oxygens (including phenoxy) is 1. The van der Waals surface area contributed by atoms with Crippen LogP contribution in [-0.4, -0.2) is 34.6 Å². The summed E-state index contributed by atoms with van der Waals surface area (Å²) in [7, 11) is 0. The Morgan fingerprint density at radius 1 is 1.55 bits per heavy atom. The lowest BCUT2D eigenvalue weighted by Gasteiger charge is -2.30. The minimum atomic E-state index is -0.792. The lowest BCUT2D eigenvalue weighted by molar-refractivity contribution is -0.0336. The standard InChI is InChI=1S/C8H12O3/c9-6-1-2-8(10)3-4-11-7(8)5-6/h1-2,6-7,9-10H,3-5H2/t6-,7-,8+/m0/s1. The van der Waals surface area contributed by atoms with Crippen molar-refractivity contribution in [1.82, 2.24) is 0 Å². The summed E-state index contributed by atoms with van der Waals surface area (Å²) in [6, 6.07) is 0. The lowest BCUT2D eigenvalue weighted by Crippen LogP contribution is -2.41. The Balaban J connectivity index is 2.22. The van der Waals surface area contributed by atoms with Gasteiger partial charge in [0.05, 0.1) is 18.8 Å². The van der Waals surface area contributed by atoms with Crippen LogP contribution in [0.25, 0.3) is 0 Å². The van der Waals surface area contributed by atoms with Crippen LogP contribution >= 0.6 is 0 Å². The lowest BCUT2D eigenvalue weighted by atomic mass is 9.86. The monoisotopic (exact) mass is 156 g/mol. The average molecular weight is 156 g/mol. The van der Waals surface area contributed by atoms with Crippen LogP contribution in [0.1, 0.15) is 12.8 Å². The highest BCUT2D eigenvalue weighted by atomic mass is 16.5. The van der Waals surface area contributed by atoms with Crippen LogP contribution in [-0.2, 0) is 4.74 Å². The second kappa shape index (κ2) is 2.30. The van der Waals surface area contributed by atoms with E-state index in [9.17, 15) is 10.2 Å². The van der Waals surface area contributed by atoms with Gasteiger partial charge in [0.1, 0.15) is 5.60 Å². The van der Waals surface area contributed by atoms with Gasteiger partial charge in [-0.15, -0.1) is 0 Å². The first-order valence-corrected chi connectivity index (χ1v) is 3.92. The highest BCUT2D eigenvalue weighted by molar-refractivity contribution is 5.15. The molecule has 1 aliphatic heterocycles. The van der Waals surface area contributed by atoms with Crippen LogP contribution in [0, 0.1) is 0 Å². The fourth-order valence-corrected chi connectivity index (χ4v) is 1.71. The summed E-state index contributed by atoms with van der Waals surface area (Å²) >= 11 is 0. The zero-order chi connectivity index (χ0) is 7.90. The van der Waals surface area contributed by atoms with Gasteiger partial charge >= 0.3 is 0 Å². The van der Waals surface area contributed by atoms with Crippen molar-refractivity contribution in [2.75, 3.05) is 6.61 Å². The summed E-state index contributed by atoms with van der Waals surface area (Å²) in [6.07, 6.45) is 3.85. The molecular formula is C8H12O3. The number of hydrogen-bond donors (Lipinski definition) is 2. The number of aliphatic hydroxyl groups is 2. The molecule has 3 heteroatoms. The highest BCUT2D eigenvalue weighted by Crippen LogP contribution is 2.33. The van der Waals surface area contributed by atoms with Gasteiger partial charge < -0.3 is 14.9 Å². The van der Waals surface area contributed by atoms with E-state index < -0.39 is 11.7 Å². The molecule has 1 fully saturated rings. The molecule has 1 heterocycles. The Kier molecular flexibility index (Phi) is 1.52. The molecule has 0 radical (unpaired) electrons. The van der Waals surface area contributed by atoms with E-state index in [1.807, 2.05) is 0 Å². The largest absolute Gasteiger partial charge is 0.389 e. The van der Waals surface area contributed by atoms with E-state index in [1.54, 1.807) is 12.2 Å². The molecule has 0 amide bonds. The molecule has 1 aliphatic carbocycles. The first kappa shape index (κ1) is 7.28. The molecule has 62 valence electrons. The maximum absolute atomic E-state index is 9.81. The van der Waals surface area contributed by atoms with Crippen molar-refractivity contribution < 1.29 is 14.9 Å². The van der Waals surface area contributed by atoms with E-state index in [2.05, 4.69) is 0 Å². The van der Waals surface area contributed by atoms with Crippen LogP contribution in [0.4, 0.5) is 0 Å². The molecule has 1 saturated heterocycles. The Labute approximate surface area is 65.3 Å². The van der Waals surface area contributed by atoms with E-state index >= 15 is 0 Å².